The highest BCUT2D eigenvalue weighted by Crippen LogP contribution is 2.37. The van der Waals surface area contributed by atoms with Gasteiger partial charge in [-0.1, -0.05) is 0 Å². The third-order valence-electron chi connectivity index (χ3n) is 1.98. The summed E-state index contributed by atoms with van der Waals surface area (Å²) in [4.78, 5) is 0. The summed E-state index contributed by atoms with van der Waals surface area (Å²) in [5.74, 6) is 0. The second kappa shape index (κ2) is 2.75. The van der Waals surface area contributed by atoms with Gasteiger partial charge in [0, 0.05) is 9.49 Å². The van der Waals surface area contributed by atoms with E-state index in [9.17, 15) is 0 Å². The zero-order valence-corrected chi connectivity index (χ0v) is 8.57. The number of thioether (sulfide) groups is 1. The van der Waals surface area contributed by atoms with Crippen molar-refractivity contribution >= 4 is 24.4 Å². The molecule has 0 aromatic carbocycles. The molecule has 0 atom stereocenters. The third kappa shape index (κ3) is 2.42. The number of hydrogen-bond donors (Lipinski definition) is 1. The first-order valence-electron chi connectivity index (χ1n) is 3.09. The molecule has 0 aliphatic carbocycles. The minimum atomic E-state index is 0.104. The Morgan fingerprint density at radius 1 is 1.11 bits per heavy atom. The van der Waals surface area contributed by atoms with Crippen molar-refractivity contribution in [1.29, 1.82) is 0 Å². The predicted octanol–water partition coefficient (Wildman–Crippen LogP) is 2.84. The van der Waals surface area contributed by atoms with E-state index in [1.165, 1.54) is 0 Å². The maximum absolute atomic E-state index is 4.49. The molecule has 0 aliphatic rings. The molecule has 0 N–H and O–H groups in total. The van der Waals surface area contributed by atoms with Crippen molar-refractivity contribution in [3.63, 3.8) is 0 Å². The van der Waals surface area contributed by atoms with Crippen LogP contribution in [-0.4, -0.2) is 15.7 Å². The Morgan fingerprint density at radius 3 is 1.44 bits per heavy atom. The van der Waals surface area contributed by atoms with Crippen LogP contribution in [-0.2, 0) is 0 Å². The monoisotopic (exact) mass is 164 g/mol. The van der Waals surface area contributed by atoms with Crippen molar-refractivity contribution in [3.8, 4) is 0 Å². The van der Waals surface area contributed by atoms with E-state index in [1.807, 2.05) is 11.8 Å². The van der Waals surface area contributed by atoms with Gasteiger partial charge in [-0.05, 0) is 34.0 Å². The van der Waals surface area contributed by atoms with Gasteiger partial charge in [-0.15, -0.1) is 0 Å². The van der Waals surface area contributed by atoms with Gasteiger partial charge in [0.1, 0.15) is 0 Å². The van der Waals surface area contributed by atoms with Gasteiger partial charge < -0.3 is 0 Å². The fourth-order valence-corrected chi connectivity index (χ4v) is 1.02. The average molecular weight is 164 g/mol. The lowest BCUT2D eigenvalue weighted by molar-refractivity contribution is 0.558. The summed E-state index contributed by atoms with van der Waals surface area (Å²) in [6, 6.07) is 0. The highest BCUT2D eigenvalue weighted by molar-refractivity contribution is 8.00. The minimum Gasteiger partial charge on any atom is -0.172 e. The number of rotatable bonds is 2. The van der Waals surface area contributed by atoms with E-state index in [0.29, 0.717) is 0 Å². The van der Waals surface area contributed by atoms with Crippen LogP contribution < -0.4 is 0 Å². The summed E-state index contributed by atoms with van der Waals surface area (Å²) in [7, 11) is 0. The summed E-state index contributed by atoms with van der Waals surface area (Å²) < 4.78 is 0.364. The van der Waals surface area contributed by atoms with Gasteiger partial charge in [-0.3, -0.25) is 0 Å². The fourth-order valence-electron chi connectivity index (χ4n) is 0.250. The zero-order valence-electron chi connectivity index (χ0n) is 6.86. The van der Waals surface area contributed by atoms with Crippen LogP contribution in [0.15, 0.2) is 0 Å². The van der Waals surface area contributed by atoms with E-state index in [0.717, 1.165) is 0 Å². The first-order chi connectivity index (χ1) is 3.81. The van der Waals surface area contributed by atoms with Crippen LogP contribution in [0.2, 0.25) is 0 Å². The molecule has 0 spiro atoms. The molecule has 0 aromatic rings. The fraction of sp³-hybridized carbons (Fsp3) is 1.00. The largest absolute Gasteiger partial charge is 0.172 e. The normalized spacial score (nSPS) is 14.0. The molecule has 56 valence electrons. The molecule has 0 heterocycles. The second-order valence-electron chi connectivity index (χ2n) is 3.27. The van der Waals surface area contributed by atoms with Crippen molar-refractivity contribution in [2.75, 3.05) is 6.26 Å². The van der Waals surface area contributed by atoms with E-state index in [4.69, 9.17) is 0 Å². The Morgan fingerprint density at radius 2 is 1.44 bits per heavy atom. The van der Waals surface area contributed by atoms with Crippen LogP contribution in [0.1, 0.15) is 27.7 Å². The molecular weight excluding hydrogens is 148 g/mol. The van der Waals surface area contributed by atoms with Crippen LogP contribution in [0.25, 0.3) is 0 Å². The third-order valence-corrected chi connectivity index (χ3v) is 4.22. The molecule has 0 rings (SSSR count). The standard InChI is InChI=1S/C7H16S2/c1-6(2,8)7(3,4)9-5/h8H,1-5H3. The van der Waals surface area contributed by atoms with Gasteiger partial charge in [0.05, 0.1) is 0 Å². The molecule has 0 unspecified atom stereocenters. The topological polar surface area (TPSA) is 0 Å². The van der Waals surface area contributed by atoms with E-state index in [2.05, 4.69) is 46.6 Å². The maximum Gasteiger partial charge on any atom is 0.0239 e. The second-order valence-corrected chi connectivity index (χ2v) is 5.82. The quantitative estimate of drug-likeness (QED) is 0.612. The van der Waals surface area contributed by atoms with Gasteiger partial charge >= 0.3 is 0 Å². The van der Waals surface area contributed by atoms with Crippen LogP contribution in [0.4, 0.5) is 0 Å². The molecule has 2 heteroatoms. The summed E-state index contributed by atoms with van der Waals surface area (Å²) in [6.45, 7) is 8.72. The lowest BCUT2D eigenvalue weighted by Crippen LogP contribution is -2.36. The van der Waals surface area contributed by atoms with Gasteiger partial charge in [0.15, 0.2) is 0 Å². The van der Waals surface area contributed by atoms with Crippen LogP contribution in [0, 0.1) is 0 Å². The number of hydrogen-bond acceptors (Lipinski definition) is 2. The van der Waals surface area contributed by atoms with Gasteiger partial charge in [0.25, 0.3) is 0 Å². The lowest BCUT2D eigenvalue weighted by atomic mass is 9.98. The van der Waals surface area contributed by atoms with E-state index >= 15 is 0 Å². The molecule has 0 nitrogen and oxygen atoms in total. The summed E-state index contributed by atoms with van der Waals surface area (Å²) in [6.07, 6.45) is 2.12. The Kier molecular flexibility index (Phi) is 2.96. The molecule has 0 fully saturated rings. The van der Waals surface area contributed by atoms with E-state index < -0.39 is 0 Å². The Bertz CT molecular complexity index is 89.6. The Hall–Kier alpha value is 0.700. The SMILES string of the molecule is CSC(C)(C)C(C)(C)S. The molecule has 0 saturated carbocycles. The first-order valence-corrected chi connectivity index (χ1v) is 4.76. The molecule has 9 heavy (non-hydrogen) atoms. The van der Waals surface area contributed by atoms with Crippen molar-refractivity contribution < 1.29 is 0 Å². The molecule has 0 amide bonds. The van der Waals surface area contributed by atoms with Crippen LogP contribution in [0.3, 0.4) is 0 Å². The van der Waals surface area contributed by atoms with Crippen molar-refractivity contribution in [1.82, 2.24) is 0 Å². The molecule has 0 bridgehead atoms. The molecule has 0 aliphatic heterocycles. The molecule has 0 radical (unpaired) electrons. The zero-order chi connectivity index (χ0) is 7.71. The highest BCUT2D eigenvalue weighted by atomic mass is 32.2. The van der Waals surface area contributed by atoms with Crippen LogP contribution in [0.5, 0.6) is 0 Å². The average Bonchev–Trinajstić information content (AvgIpc) is 1.64. The van der Waals surface area contributed by atoms with Gasteiger partial charge in [-0.25, -0.2) is 0 Å². The van der Waals surface area contributed by atoms with E-state index in [-0.39, 0.29) is 9.49 Å². The lowest BCUT2D eigenvalue weighted by Gasteiger charge is -2.36. The summed E-state index contributed by atoms with van der Waals surface area (Å²) in [5, 5.41) is 0. The van der Waals surface area contributed by atoms with Gasteiger partial charge in [-0.2, -0.15) is 24.4 Å². The van der Waals surface area contributed by atoms with Crippen molar-refractivity contribution in [2.24, 2.45) is 0 Å². The summed E-state index contributed by atoms with van der Waals surface area (Å²) in [5.41, 5.74) is 0. The molecular formula is C7H16S2. The predicted molar refractivity (Wildman–Crippen MR) is 50.7 cm³/mol. The smallest absolute Gasteiger partial charge is 0.0239 e. The number of thiol groups is 1. The molecule has 0 saturated heterocycles. The highest BCUT2D eigenvalue weighted by Gasteiger charge is 2.32. The minimum absolute atomic E-state index is 0.104. The van der Waals surface area contributed by atoms with Crippen LogP contribution >= 0.6 is 24.4 Å². The van der Waals surface area contributed by atoms with Gasteiger partial charge in [0.2, 0.25) is 0 Å². The van der Waals surface area contributed by atoms with Crippen molar-refractivity contribution in [3.05, 3.63) is 0 Å². The van der Waals surface area contributed by atoms with Crippen molar-refractivity contribution in [2.45, 2.75) is 37.2 Å². The molecule has 0 aromatic heterocycles. The summed E-state index contributed by atoms with van der Waals surface area (Å²) >= 11 is 6.35. The Labute approximate surface area is 68.2 Å². The first kappa shape index (κ1) is 9.70. The maximum atomic E-state index is 4.49. The Balaban J connectivity index is 4.14. The van der Waals surface area contributed by atoms with E-state index in [1.54, 1.807) is 0 Å².